The van der Waals surface area contributed by atoms with Crippen LogP contribution in [0.25, 0.3) is 0 Å². The zero-order valence-corrected chi connectivity index (χ0v) is 14.2. The molecular weight excluding hydrogens is 376 g/mol. The van der Waals surface area contributed by atoms with E-state index in [2.05, 4.69) is 62.8 Å². The average Bonchev–Trinajstić information content (AvgIpc) is 2.65. The predicted octanol–water partition coefficient (Wildman–Crippen LogP) is 4.96. The van der Waals surface area contributed by atoms with Gasteiger partial charge in [0.2, 0.25) is 0 Å². The van der Waals surface area contributed by atoms with E-state index in [0.717, 1.165) is 21.1 Å². The zero-order chi connectivity index (χ0) is 13.3. The molecule has 0 amide bonds. The second-order valence-corrected chi connectivity index (χ2v) is 7.22. The first-order valence-corrected chi connectivity index (χ1v) is 8.07. The van der Waals surface area contributed by atoms with Crippen molar-refractivity contribution in [3.63, 3.8) is 0 Å². The summed E-state index contributed by atoms with van der Waals surface area (Å²) < 4.78 is 2.22. The van der Waals surface area contributed by atoms with Crippen molar-refractivity contribution in [1.29, 1.82) is 0 Å². The molecule has 5 heteroatoms. The molecule has 1 aromatic carbocycles. The van der Waals surface area contributed by atoms with E-state index in [4.69, 9.17) is 5.73 Å². The summed E-state index contributed by atoms with van der Waals surface area (Å²) in [5.41, 5.74) is 8.18. The first kappa shape index (κ1) is 14.0. The van der Waals surface area contributed by atoms with Gasteiger partial charge < -0.3 is 5.73 Å². The van der Waals surface area contributed by atoms with Crippen molar-refractivity contribution in [2.45, 2.75) is 26.2 Å². The molecule has 0 aliphatic carbocycles. The molecule has 0 unspecified atom stereocenters. The minimum absolute atomic E-state index is 0.398. The van der Waals surface area contributed by atoms with Crippen molar-refractivity contribution in [2.24, 2.45) is 0 Å². The smallest absolute Gasteiger partial charge is 0.180 e. The summed E-state index contributed by atoms with van der Waals surface area (Å²) in [5.74, 6) is 0.398. The molecule has 0 bridgehead atoms. The van der Waals surface area contributed by atoms with Crippen LogP contribution < -0.4 is 5.73 Å². The molecule has 2 aromatic rings. The van der Waals surface area contributed by atoms with Crippen LogP contribution in [0.1, 0.15) is 35.9 Å². The highest BCUT2D eigenvalue weighted by molar-refractivity contribution is 9.11. The maximum atomic E-state index is 5.83. The summed E-state index contributed by atoms with van der Waals surface area (Å²) in [5, 5.41) is 0.650. The Kier molecular flexibility index (Phi) is 4.45. The Morgan fingerprint density at radius 3 is 2.44 bits per heavy atom. The number of halogens is 2. The highest BCUT2D eigenvalue weighted by Gasteiger charge is 2.15. The van der Waals surface area contributed by atoms with Gasteiger partial charge in [0.05, 0.1) is 5.69 Å². The standard InChI is InChI=1S/C13H14Br2N2S/c1-7(2)12-11(18-13(16)17-12)6-8-9(14)4-3-5-10(8)15/h3-5,7H,6H2,1-2H3,(H2,16,17). The lowest BCUT2D eigenvalue weighted by Gasteiger charge is -2.08. The van der Waals surface area contributed by atoms with E-state index in [0.29, 0.717) is 11.0 Å². The number of anilines is 1. The van der Waals surface area contributed by atoms with E-state index >= 15 is 0 Å². The molecule has 2 nitrogen and oxygen atoms in total. The second-order valence-electron chi connectivity index (χ2n) is 4.39. The highest BCUT2D eigenvalue weighted by atomic mass is 79.9. The quantitative estimate of drug-likeness (QED) is 0.805. The number of nitrogens with zero attached hydrogens (tertiary/aromatic N) is 1. The molecule has 0 saturated carbocycles. The fourth-order valence-electron chi connectivity index (χ4n) is 1.82. The van der Waals surface area contributed by atoms with Crippen LogP contribution in [0, 0.1) is 0 Å². The molecule has 2 rings (SSSR count). The minimum Gasteiger partial charge on any atom is -0.375 e. The van der Waals surface area contributed by atoms with Crippen LogP contribution in [0.15, 0.2) is 27.1 Å². The van der Waals surface area contributed by atoms with E-state index in [-0.39, 0.29) is 0 Å². The van der Waals surface area contributed by atoms with E-state index in [1.807, 2.05) is 6.07 Å². The van der Waals surface area contributed by atoms with E-state index in [9.17, 15) is 0 Å². The van der Waals surface area contributed by atoms with E-state index < -0.39 is 0 Å². The normalized spacial score (nSPS) is 11.2. The Morgan fingerprint density at radius 2 is 1.89 bits per heavy atom. The third-order valence-corrected chi connectivity index (χ3v) is 5.08. The second kappa shape index (κ2) is 5.72. The number of nitrogen functional groups attached to an aromatic ring is 1. The number of nitrogens with two attached hydrogens (primary N) is 1. The summed E-state index contributed by atoms with van der Waals surface area (Å²) in [6.07, 6.45) is 0.852. The van der Waals surface area contributed by atoms with Gasteiger partial charge in [-0.2, -0.15) is 0 Å². The Hall–Kier alpha value is -0.390. The Balaban J connectivity index is 2.40. The molecule has 0 aliphatic heterocycles. The maximum Gasteiger partial charge on any atom is 0.180 e. The first-order chi connectivity index (χ1) is 8.49. The van der Waals surface area contributed by atoms with Gasteiger partial charge in [-0.25, -0.2) is 4.98 Å². The van der Waals surface area contributed by atoms with Gasteiger partial charge in [-0.1, -0.05) is 51.8 Å². The fourth-order valence-corrected chi connectivity index (χ4v) is 4.10. The fraction of sp³-hybridized carbons (Fsp3) is 0.308. The van der Waals surface area contributed by atoms with Gasteiger partial charge >= 0.3 is 0 Å². The average molecular weight is 390 g/mol. The maximum absolute atomic E-state index is 5.83. The van der Waals surface area contributed by atoms with Crippen molar-refractivity contribution in [1.82, 2.24) is 4.98 Å². The molecule has 0 radical (unpaired) electrons. The number of rotatable bonds is 3. The topological polar surface area (TPSA) is 38.9 Å². The highest BCUT2D eigenvalue weighted by Crippen LogP contribution is 2.33. The van der Waals surface area contributed by atoms with Gasteiger partial charge in [0.15, 0.2) is 5.13 Å². The SMILES string of the molecule is CC(C)c1nc(N)sc1Cc1c(Br)cccc1Br. The van der Waals surface area contributed by atoms with Crippen LogP contribution in [0.5, 0.6) is 0 Å². The number of hydrogen-bond acceptors (Lipinski definition) is 3. The molecule has 0 spiro atoms. The number of hydrogen-bond donors (Lipinski definition) is 1. The van der Waals surface area contributed by atoms with Crippen LogP contribution >= 0.6 is 43.2 Å². The lowest BCUT2D eigenvalue weighted by Crippen LogP contribution is -1.96. The van der Waals surface area contributed by atoms with Crippen LogP contribution in [0.4, 0.5) is 5.13 Å². The van der Waals surface area contributed by atoms with Gasteiger partial charge in [-0.05, 0) is 23.6 Å². The largest absolute Gasteiger partial charge is 0.375 e. The van der Waals surface area contributed by atoms with Crippen LogP contribution in [-0.4, -0.2) is 4.98 Å². The molecule has 1 aromatic heterocycles. The molecule has 0 aliphatic rings. The third-order valence-electron chi connectivity index (χ3n) is 2.69. The van der Waals surface area contributed by atoms with Gasteiger partial charge in [0.1, 0.15) is 0 Å². The van der Waals surface area contributed by atoms with Crippen molar-refractivity contribution in [2.75, 3.05) is 5.73 Å². The molecular formula is C13H14Br2N2S. The summed E-state index contributed by atoms with van der Waals surface area (Å²) in [7, 11) is 0. The molecule has 18 heavy (non-hydrogen) atoms. The third kappa shape index (κ3) is 2.95. The Labute approximate surface area is 128 Å². The van der Waals surface area contributed by atoms with Gasteiger partial charge in [-0.15, -0.1) is 11.3 Å². The van der Waals surface area contributed by atoms with Crippen molar-refractivity contribution < 1.29 is 0 Å². The molecule has 0 atom stereocenters. The monoisotopic (exact) mass is 388 g/mol. The molecule has 96 valence electrons. The van der Waals surface area contributed by atoms with Gasteiger partial charge in [0.25, 0.3) is 0 Å². The van der Waals surface area contributed by atoms with Gasteiger partial charge in [-0.3, -0.25) is 0 Å². The summed E-state index contributed by atoms with van der Waals surface area (Å²) in [6.45, 7) is 4.29. The summed E-state index contributed by atoms with van der Waals surface area (Å²) in [6, 6.07) is 6.13. The Bertz CT molecular complexity index is 544. The minimum atomic E-state index is 0.398. The summed E-state index contributed by atoms with van der Waals surface area (Å²) >= 11 is 8.77. The summed E-state index contributed by atoms with van der Waals surface area (Å²) in [4.78, 5) is 5.68. The lowest BCUT2D eigenvalue weighted by molar-refractivity contribution is 0.820. The van der Waals surface area contributed by atoms with E-state index in [1.165, 1.54) is 10.4 Å². The van der Waals surface area contributed by atoms with Crippen LogP contribution in [0.2, 0.25) is 0 Å². The molecule has 0 saturated heterocycles. The zero-order valence-electron chi connectivity index (χ0n) is 10.2. The lowest BCUT2D eigenvalue weighted by atomic mass is 10.0. The predicted molar refractivity (Wildman–Crippen MR) is 85.3 cm³/mol. The number of benzene rings is 1. The molecule has 1 heterocycles. The Morgan fingerprint density at radius 1 is 1.28 bits per heavy atom. The first-order valence-electron chi connectivity index (χ1n) is 5.67. The van der Waals surface area contributed by atoms with Crippen molar-refractivity contribution in [3.8, 4) is 0 Å². The molecule has 2 N–H and O–H groups in total. The van der Waals surface area contributed by atoms with Gasteiger partial charge in [0, 0.05) is 20.2 Å². The van der Waals surface area contributed by atoms with Crippen molar-refractivity contribution in [3.05, 3.63) is 43.3 Å². The number of thiazole rings is 1. The van der Waals surface area contributed by atoms with Crippen LogP contribution in [0.3, 0.4) is 0 Å². The van der Waals surface area contributed by atoms with Crippen molar-refractivity contribution >= 4 is 48.3 Å². The number of aromatic nitrogens is 1. The van der Waals surface area contributed by atoms with E-state index in [1.54, 1.807) is 11.3 Å². The van der Waals surface area contributed by atoms with Crippen LogP contribution in [-0.2, 0) is 6.42 Å². The molecule has 0 fully saturated rings.